The Labute approximate surface area is 163 Å². The molecule has 3 aromatic rings. The predicted octanol–water partition coefficient (Wildman–Crippen LogP) is 4.77. The minimum Gasteiger partial charge on any atom is -0.505 e. The lowest BCUT2D eigenvalue weighted by Crippen LogP contribution is -2.08. The van der Waals surface area contributed by atoms with Crippen LogP contribution in [0.3, 0.4) is 0 Å². The van der Waals surface area contributed by atoms with Crippen molar-refractivity contribution in [3.63, 3.8) is 0 Å². The van der Waals surface area contributed by atoms with Gasteiger partial charge in [0.15, 0.2) is 23.1 Å². The number of carbonyl (C=O) groups is 1. The molecule has 0 atom stereocenters. The summed E-state index contributed by atoms with van der Waals surface area (Å²) in [6.45, 7) is 2.00. The van der Waals surface area contributed by atoms with Gasteiger partial charge in [-0.1, -0.05) is 6.07 Å². The number of halogens is 4. The topological polar surface area (TPSA) is 64.3 Å². The summed E-state index contributed by atoms with van der Waals surface area (Å²) in [7, 11) is 0. The molecular formula is C17H12Br2F2N2O3. The summed E-state index contributed by atoms with van der Waals surface area (Å²) < 4.78 is 34.2. The lowest BCUT2D eigenvalue weighted by molar-refractivity contribution is 0.0516. The van der Waals surface area contributed by atoms with Crippen LogP contribution in [0.5, 0.6) is 5.75 Å². The van der Waals surface area contributed by atoms with Crippen molar-refractivity contribution in [2.24, 2.45) is 0 Å². The average Bonchev–Trinajstić information content (AvgIpc) is 2.84. The monoisotopic (exact) mass is 488 g/mol. The van der Waals surface area contributed by atoms with Gasteiger partial charge in [-0.05, 0) is 56.5 Å². The highest BCUT2D eigenvalue weighted by atomic mass is 79.9. The molecule has 3 rings (SSSR count). The molecule has 0 radical (unpaired) electrons. The Morgan fingerprint density at radius 1 is 1.31 bits per heavy atom. The normalized spacial score (nSPS) is 11.1. The van der Waals surface area contributed by atoms with E-state index in [0.717, 1.165) is 12.1 Å². The summed E-state index contributed by atoms with van der Waals surface area (Å²) >= 11 is 6.78. The van der Waals surface area contributed by atoms with E-state index in [0.29, 0.717) is 25.5 Å². The number of nitrogens with zero attached hydrogens (tertiary/aromatic N) is 2. The van der Waals surface area contributed by atoms with Crippen molar-refractivity contribution < 1.29 is 23.4 Å². The number of hydrogen-bond acceptors (Lipinski definition) is 4. The number of hydrogen-bond donors (Lipinski definition) is 1. The Kier molecular flexibility index (Phi) is 5.29. The SMILES string of the molecule is CCOC(=O)c1ncc2c(c1O)c(Br)c(Br)n2Cc1ccc(F)c(F)c1. The number of aromatic nitrogens is 2. The predicted molar refractivity (Wildman–Crippen MR) is 98.2 cm³/mol. The first-order chi connectivity index (χ1) is 12.3. The smallest absolute Gasteiger partial charge is 0.360 e. The van der Waals surface area contributed by atoms with Crippen LogP contribution in [0.1, 0.15) is 23.0 Å². The maximum absolute atomic E-state index is 13.5. The van der Waals surface area contributed by atoms with Crippen molar-refractivity contribution in [3.8, 4) is 5.75 Å². The minimum atomic E-state index is -0.945. The molecule has 0 aliphatic heterocycles. The number of fused-ring (bicyclic) bond motifs is 1. The largest absolute Gasteiger partial charge is 0.505 e. The van der Waals surface area contributed by atoms with E-state index in [-0.39, 0.29) is 24.6 Å². The second-order valence-electron chi connectivity index (χ2n) is 5.38. The molecule has 0 aliphatic rings. The Morgan fingerprint density at radius 3 is 2.69 bits per heavy atom. The van der Waals surface area contributed by atoms with Gasteiger partial charge in [0.25, 0.3) is 0 Å². The molecule has 136 valence electrons. The van der Waals surface area contributed by atoms with Crippen molar-refractivity contribution >= 4 is 48.7 Å². The summed E-state index contributed by atoms with van der Waals surface area (Å²) in [5, 5.41) is 10.8. The number of ether oxygens (including phenoxy) is 1. The molecule has 2 aromatic heterocycles. The summed E-state index contributed by atoms with van der Waals surface area (Å²) in [4.78, 5) is 15.9. The van der Waals surface area contributed by atoms with Crippen LogP contribution in [-0.4, -0.2) is 27.2 Å². The maximum Gasteiger partial charge on any atom is 0.360 e. The molecule has 1 N–H and O–H groups in total. The number of aromatic hydroxyl groups is 1. The van der Waals surface area contributed by atoms with E-state index >= 15 is 0 Å². The van der Waals surface area contributed by atoms with Crippen LogP contribution < -0.4 is 0 Å². The molecule has 0 aliphatic carbocycles. The second kappa shape index (κ2) is 7.32. The van der Waals surface area contributed by atoms with Crippen molar-refractivity contribution in [1.82, 2.24) is 9.55 Å². The van der Waals surface area contributed by atoms with Crippen LogP contribution in [0.15, 0.2) is 33.5 Å². The summed E-state index contributed by atoms with van der Waals surface area (Å²) in [6.07, 6.45) is 1.41. The van der Waals surface area contributed by atoms with Crippen LogP contribution in [0.2, 0.25) is 0 Å². The average molecular weight is 490 g/mol. The lowest BCUT2D eigenvalue weighted by atomic mass is 10.2. The van der Waals surface area contributed by atoms with Gasteiger partial charge in [-0.25, -0.2) is 18.6 Å². The van der Waals surface area contributed by atoms with Crippen molar-refractivity contribution in [1.29, 1.82) is 0 Å². The Hall–Kier alpha value is -2.00. The molecule has 0 unspecified atom stereocenters. The van der Waals surface area contributed by atoms with Gasteiger partial charge in [0.1, 0.15) is 4.60 Å². The third-order valence-electron chi connectivity index (χ3n) is 3.76. The summed E-state index contributed by atoms with van der Waals surface area (Å²) in [5.41, 5.74) is 0.819. The van der Waals surface area contributed by atoms with Crippen LogP contribution >= 0.6 is 31.9 Å². The first-order valence-electron chi connectivity index (χ1n) is 7.51. The number of pyridine rings is 1. The van der Waals surface area contributed by atoms with Gasteiger partial charge in [0, 0.05) is 6.54 Å². The first-order valence-corrected chi connectivity index (χ1v) is 9.10. The van der Waals surface area contributed by atoms with Gasteiger partial charge >= 0.3 is 5.97 Å². The van der Waals surface area contributed by atoms with E-state index in [1.165, 1.54) is 12.3 Å². The Balaban J connectivity index is 2.12. The van der Waals surface area contributed by atoms with Crippen LogP contribution in [0, 0.1) is 11.6 Å². The van der Waals surface area contributed by atoms with Crippen molar-refractivity contribution in [3.05, 3.63) is 56.4 Å². The molecule has 0 fully saturated rings. The fourth-order valence-corrected chi connectivity index (χ4v) is 3.68. The highest BCUT2D eigenvalue weighted by molar-refractivity contribution is 9.13. The van der Waals surface area contributed by atoms with Crippen LogP contribution in [0.25, 0.3) is 10.9 Å². The zero-order valence-corrected chi connectivity index (χ0v) is 16.6. The lowest BCUT2D eigenvalue weighted by Gasteiger charge is -2.09. The summed E-state index contributed by atoms with van der Waals surface area (Å²) in [5.74, 6) is -2.93. The van der Waals surface area contributed by atoms with Gasteiger partial charge in [0.05, 0.1) is 28.2 Å². The van der Waals surface area contributed by atoms with Gasteiger partial charge in [-0.15, -0.1) is 0 Å². The molecule has 9 heteroatoms. The van der Waals surface area contributed by atoms with Gasteiger partial charge in [-0.2, -0.15) is 0 Å². The second-order valence-corrected chi connectivity index (χ2v) is 6.92. The van der Waals surface area contributed by atoms with Crippen molar-refractivity contribution in [2.45, 2.75) is 13.5 Å². The third kappa shape index (κ3) is 3.21. The van der Waals surface area contributed by atoms with Crippen molar-refractivity contribution in [2.75, 3.05) is 6.61 Å². The molecule has 0 saturated heterocycles. The fraction of sp³-hybridized carbons (Fsp3) is 0.176. The molecule has 0 saturated carbocycles. The highest BCUT2D eigenvalue weighted by Crippen LogP contribution is 2.41. The van der Waals surface area contributed by atoms with E-state index in [2.05, 4.69) is 36.8 Å². The maximum atomic E-state index is 13.5. The number of rotatable bonds is 4. The quantitative estimate of drug-likeness (QED) is 0.536. The Morgan fingerprint density at radius 2 is 2.04 bits per heavy atom. The molecule has 0 spiro atoms. The highest BCUT2D eigenvalue weighted by Gasteiger charge is 2.23. The third-order valence-corrected chi connectivity index (χ3v) is 5.88. The van der Waals surface area contributed by atoms with E-state index in [9.17, 15) is 18.7 Å². The van der Waals surface area contributed by atoms with E-state index in [1.807, 2.05) is 0 Å². The van der Waals surface area contributed by atoms with E-state index in [1.54, 1.807) is 11.5 Å². The zero-order chi connectivity index (χ0) is 19.0. The molecule has 0 amide bonds. The van der Waals surface area contributed by atoms with Gasteiger partial charge in [-0.3, -0.25) is 0 Å². The molecular weight excluding hydrogens is 478 g/mol. The number of esters is 1. The van der Waals surface area contributed by atoms with Crippen LogP contribution in [-0.2, 0) is 11.3 Å². The molecule has 0 bridgehead atoms. The molecule has 1 aromatic carbocycles. The molecule has 26 heavy (non-hydrogen) atoms. The van der Waals surface area contributed by atoms with Crippen LogP contribution in [0.4, 0.5) is 8.78 Å². The molecule has 5 nitrogen and oxygen atoms in total. The minimum absolute atomic E-state index is 0.153. The zero-order valence-electron chi connectivity index (χ0n) is 13.4. The van der Waals surface area contributed by atoms with E-state index in [4.69, 9.17) is 4.74 Å². The Bertz CT molecular complexity index is 1020. The van der Waals surface area contributed by atoms with E-state index < -0.39 is 17.6 Å². The fourth-order valence-electron chi connectivity index (χ4n) is 2.56. The van der Waals surface area contributed by atoms with Gasteiger partial charge in [0.2, 0.25) is 0 Å². The number of benzene rings is 1. The van der Waals surface area contributed by atoms with Gasteiger partial charge < -0.3 is 14.4 Å². The first kappa shape index (κ1) is 18.8. The standard InChI is InChI=1S/C17H12Br2F2N2O3/c1-2-26-17(25)14-15(24)12-11(6-22-14)23(16(19)13(12)18)7-8-3-4-9(20)10(21)5-8/h3-6,24H,2,7H2,1H3. The molecule has 2 heterocycles. The summed E-state index contributed by atoms with van der Waals surface area (Å²) in [6, 6.07) is 3.61. The number of carbonyl (C=O) groups excluding carboxylic acids is 1.